The van der Waals surface area contributed by atoms with Crippen molar-refractivity contribution in [2.24, 2.45) is 4.99 Å². The monoisotopic (exact) mass is 420 g/mol. The molecule has 3 rings (SSSR count). The molecule has 1 saturated carbocycles. The molecular formula is C19H25BrN4O2. The van der Waals surface area contributed by atoms with Crippen molar-refractivity contribution >= 4 is 33.7 Å². The van der Waals surface area contributed by atoms with Crippen molar-refractivity contribution in [2.45, 2.75) is 37.5 Å². The molecular weight excluding hydrogens is 396 g/mol. The summed E-state index contributed by atoms with van der Waals surface area (Å²) in [6.45, 7) is 1.70. The Labute approximate surface area is 162 Å². The molecule has 2 fully saturated rings. The lowest BCUT2D eigenvalue weighted by molar-refractivity contribution is -0.147. The number of rotatable bonds is 6. The minimum Gasteiger partial charge on any atom is -0.356 e. The summed E-state index contributed by atoms with van der Waals surface area (Å²) in [4.78, 5) is 29.3. The van der Waals surface area contributed by atoms with Crippen LogP contribution in [0.3, 0.4) is 0 Å². The molecule has 1 aliphatic heterocycles. The molecule has 1 aromatic rings. The minimum absolute atomic E-state index is 0.0717. The highest BCUT2D eigenvalue weighted by Crippen LogP contribution is 2.48. The van der Waals surface area contributed by atoms with E-state index >= 15 is 0 Å². The van der Waals surface area contributed by atoms with Gasteiger partial charge in [0.25, 0.3) is 0 Å². The number of carbonyl (C=O) groups is 2. The summed E-state index contributed by atoms with van der Waals surface area (Å²) in [7, 11) is 1.73. The summed E-state index contributed by atoms with van der Waals surface area (Å²) >= 11 is 3.54. The number of hydrogen-bond acceptors (Lipinski definition) is 3. The van der Waals surface area contributed by atoms with Crippen LogP contribution in [0.1, 0.15) is 37.7 Å². The molecule has 0 aromatic heterocycles. The Kier molecular flexibility index (Phi) is 5.96. The molecule has 7 heteroatoms. The highest BCUT2D eigenvalue weighted by Gasteiger charge is 2.44. The van der Waals surface area contributed by atoms with E-state index in [1.807, 2.05) is 6.07 Å². The number of amides is 2. The van der Waals surface area contributed by atoms with Crippen LogP contribution in [-0.4, -0.2) is 49.4 Å². The summed E-state index contributed by atoms with van der Waals surface area (Å²) in [5.41, 5.74) is 1.50. The van der Waals surface area contributed by atoms with Gasteiger partial charge in [0.05, 0.1) is 0 Å². The lowest BCUT2D eigenvalue weighted by atomic mass is 9.96. The fourth-order valence-corrected chi connectivity index (χ4v) is 3.74. The van der Waals surface area contributed by atoms with Crippen LogP contribution in [0.25, 0.3) is 0 Å². The zero-order valence-electron chi connectivity index (χ0n) is 15.1. The number of carbonyl (C=O) groups excluding carboxylic acids is 2. The summed E-state index contributed by atoms with van der Waals surface area (Å²) in [6.07, 6.45) is 3.92. The van der Waals surface area contributed by atoms with E-state index in [1.54, 1.807) is 7.05 Å². The fourth-order valence-electron chi connectivity index (χ4n) is 3.35. The number of likely N-dealkylation sites (tertiary alicyclic amines) is 1. The standard InChI is InChI=1S/C19H25BrN4O2/c1-21-18(22-10-11-24-16(25)6-3-7-17(24)26)23-13-19(8-9-19)14-4-2-5-15(20)12-14/h2,4-5,12H,3,6-11,13H2,1H3,(H2,21,22,23). The number of nitrogens with zero attached hydrogens (tertiary/aromatic N) is 2. The van der Waals surface area contributed by atoms with E-state index in [-0.39, 0.29) is 17.2 Å². The molecule has 0 spiro atoms. The molecule has 1 saturated heterocycles. The van der Waals surface area contributed by atoms with Gasteiger partial charge in [0, 0.05) is 49.4 Å². The quantitative estimate of drug-likeness (QED) is 0.420. The Balaban J connectivity index is 1.48. The van der Waals surface area contributed by atoms with Crippen LogP contribution in [-0.2, 0) is 15.0 Å². The molecule has 140 valence electrons. The fraction of sp³-hybridized carbons (Fsp3) is 0.526. The Morgan fingerprint density at radius 3 is 2.58 bits per heavy atom. The maximum atomic E-state index is 11.8. The lowest BCUT2D eigenvalue weighted by Gasteiger charge is -2.25. The van der Waals surface area contributed by atoms with E-state index < -0.39 is 0 Å². The smallest absolute Gasteiger partial charge is 0.229 e. The Hall–Kier alpha value is -1.89. The summed E-state index contributed by atoms with van der Waals surface area (Å²) < 4.78 is 1.10. The molecule has 0 radical (unpaired) electrons. The SMILES string of the molecule is CN=C(NCCN1C(=O)CCCC1=O)NCC1(c2cccc(Br)c2)CC1. The van der Waals surface area contributed by atoms with Crippen LogP contribution < -0.4 is 10.6 Å². The molecule has 2 amide bonds. The maximum absolute atomic E-state index is 11.8. The number of nitrogens with one attached hydrogen (secondary N) is 2. The van der Waals surface area contributed by atoms with Crippen molar-refractivity contribution in [1.29, 1.82) is 0 Å². The van der Waals surface area contributed by atoms with E-state index in [9.17, 15) is 9.59 Å². The Bertz CT molecular complexity index is 699. The lowest BCUT2D eigenvalue weighted by Crippen LogP contribution is -2.47. The summed E-state index contributed by atoms with van der Waals surface area (Å²) in [5, 5.41) is 6.59. The average molecular weight is 421 g/mol. The number of imide groups is 1. The van der Waals surface area contributed by atoms with Crippen molar-refractivity contribution < 1.29 is 9.59 Å². The molecule has 1 aromatic carbocycles. The predicted octanol–water partition coefficient (Wildman–Crippen LogP) is 2.18. The van der Waals surface area contributed by atoms with Gasteiger partial charge in [-0.15, -0.1) is 0 Å². The second kappa shape index (κ2) is 8.20. The van der Waals surface area contributed by atoms with Crippen LogP contribution >= 0.6 is 15.9 Å². The van der Waals surface area contributed by atoms with Gasteiger partial charge in [-0.2, -0.15) is 0 Å². The van der Waals surface area contributed by atoms with E-state index in [1.165, 1.54) is 10.5 Å². The second-order valence-corrected chi connectivity index (χ2v) is 7.85. The normalized spacial score (nSPS) is 19.5. The number of halogens is 1. The molecule has 1 aliphatic carbocycles. The molecule has 0 atom stereocenters. The summed E-state index contributed by atoms with van der Waals surface area (Å²) in [5.74, 6) is 0.554. The first kappa shape index (κ1) is 18.9. The van der Waals surface area contributed by atoms with E-state index in [0.717, 1.165) is 23.9 Å². The molecule has 2 aliphatic rings. The van der Waals surface area contributed by atoms with Crippen molar-refractivity contribution in [3.63, 3.8) is 0 Å². The third kappa shape index (κ3) is 4.44. The van der Waals surface area contributed by atoms with Crippen LogP contribution in [0.4, 0.5) is 0 Å². The molecule has 0 bridgehead atoms. The van der Waals surface area contributed by atoms with Crippen molar-refractivity contribution in [1.82, 2.24) is 15.5 Å². The topological polar surface area (TPSA) is 73.8 Å². The minimum atomic E-state index is -0.0717. The third-order valence-corrected chi connectivity index (χ3v) is 5.61. The van der Waals surface area contributed by atoms with Gasteiger partial charge in [-0.05, 0) is 37.0 Å². The molecule has 26 heavy (non-hydrogen) atoms. The van der Waals surface area contributed by atoms with E-state index in [2.05, 4.69) is 49.8 Å². The van der Waals surface area contributed by atoms with Gasteiger partial charge in [0.2, 0.25) is 11.8 Å². The van der Waals surface area contributed by atoms with Crippen LogP contribution in [0.5, 0.6) is 0 Å². The predicted molar refractivity (Wildman–Crippen MR) is 105 cm³/mol. The van der Waals surface area contributed by atoms with Crippen molar-refractivity contribution in [3.05, 3.63) is 34.3 Å². The van der Waals surface area contributed by atoms with Crippen LogP contribution in [0.15, 0.2) is 33.7 Å². The van der Waals surface area contributed by atoms with Gasteiger partial charge >= 0.3 is 0 Å². The van der Waals surface area contributed by atoms with Gasteiger partial charge in [0.15, 0.2) is 5.96 Å². The average Bonchev–Trinajstić information content (AvgIpc) is 3.41. The van der Waals surface area contributed by atoms with Crippen molar-refractivity contribution in [3.8, 4) is 0 Å². The highest BCUT2D eigenvalue weighted by atomic mass is 79.9. The van der Waals surface area contributed by atoms with E-state index in [4.69, 9.17) is 0 Å². The largest absolute Gasteiger partial charge is 0.356 e. The zero-order chi connectivity index (χ0) is 18.6. The first-order valence-electron chi connectivity index (χ1n) is 9.08. The van der Waals surface area contributed by atoms with Gasteiger partial charge in [0.1, 0.15) is 0 Å². The first-order chi connectivity index (χ1) is 12.5. The Morgan fingerprint density at radius 2 is 1.96 bits per heavy atom. The maximum Gasteiger partial charge on any atom is 0.229 e. The third-order valence-electron chi connectivity index (χ3n) is 5.12. The Morgan fingerprint density at radius 1 is 1.23 bits per heavy atom. The highest BCUT2D eigenvalue weighted by molar-refractivity contribution is 9.10. The molecule has 6 nitrogen and oxygen atoms in total. The first-order valence-corrected chi connectivity index (χ1v) is 9.87. The molecule has 0 unspecified atom stereocenters. The molecule has 1 heterocycles. The van der Waals surface area contributed by atoms with E-state index in [0.29, 0.717) is 38.3 Å². The number of benzene rings is 1. The van der Waals surface area contributed by atoms with Gasteiger partial charge in [-0.1, -0.05) is 28.1 Å². The van der Waals surface area contributed by atoms with Crippen LogP contribution in [0.2, 0.25) is 0 Å². The number of hydrogen-bond donors (Lipinski definition) is 2. The van der Waals surface area contributed by atoms with Gasteiger partial charge in [-0.25, -0.2) is 0 Å². The summed E-state index contributed by atoms with van der Waals surface area (Å²) in [6, 6.07) is 8.46. The van der Waals surface area contributed by atoms with Gasteiger partial charge in [-0.3, -0.25) is 19.5 Å². The van der Waals surface area contributed by atoms with Gasteiger partial charge < -0.3 is 10.6 Å². The zero-order valence-corrected chi connectivity index (χ0v) is 16.6. The second-order valence-electron chi connectivity index (χ2n) is 6.94. The number of piperidine rings is 1. The number of guanidine groups is 1. The number of aliphatic imine (C=N–C) groups is 1. The van der Waals surface area contributed by atoms with Crippen molar-refractivity contribution in [2.75, 3.05) is 26.7 Å². The molecule has 2 N–H and O–H groups in total. The van der Waals surface area contributed by atoms with Crippen LogP contribution in [0, 0.1) is 0 Å².